The lowest BCUT2D eigenvalue weighted by Gasteiger charge is -2.13. The molecule has 0 aliphatic rings. The number of methoxy groups -OCH3 is 1. The van der Waals surface area contributed by atoms with Gasteiger partial charge in [0.05, 0.1) is 7.11 Å². The molecule has 0 bridgehead atoms. The summed E-state index contributed by atoms with van der Waals surface area (Å²) in [4.78, 5) is 12.5. The van der Waals surface area contributed by atoms with E-state index in [1.54, 1.807) is 36.4 Å². The zero-order chi connectivity index (χ0) is 23.1. The van der Waals surface area contributed by atoms with Gasteiger partial charge in [-0.05, 0) is 60.5 Å². The van der Waals surface area contributed by atoms with Crippen LogP contribution in [0, 0.1) is 18.3 Å². The van der Waals surface area contributed by atoms with Gasteiger partial charge in [-0.3, -0.25) is 4.79 Å². The van der Waals surface area contributed by atoms with E-state index >= 15 is 0 Å². The van der Waals surface area contributed by atoms with Gasteiger partial charge in [-0.1, -0.05) is 57.4 Å². The molecule has 0 spiro atoms. The fourth-order valence-electron chi connectivity index (χ4n) is 2.93. The Kier molecular flexibility index (Phi) is 7.93. The number of rotatable bonds is 7. The third kappa shape index (κ3) is 6.13. The van der Waals surface area contributed by atoms with Crippen molar-refractivity contribution in [1.82, 2.24) is 0 Å². The normalized spacial score (nSPS) is 10.9. The molecule has 0 fully saturated rings. The molecule has 32 heavy (non-hydrogen) atoms. The van der Waals surface area contributed by atoms with E-state index in [2.05, 4.69) is 27.3 Å². The first-order valence-corrected chi connectivity index (χ1v) is 10.8. The van der Waals surface area contributed by atoms with Crippen LogP contribution in [0.15, 0.2) is 70.7 Å². The molecule has 1 N–H and O–H groups in total. The Balaban J connectivity index is 1.81. The van der Waals surface area contributed by atoms with Gasteiger partial charge < -0.3 is 14.8 Å². The minimum Gasteiger partial charge on any atom is -0.493 e. The van der Waals surface area contributed by atoms with Crippen LogP contribution in [0.5, 0.6) is 11.5 Å². The third-order valence-electron chi connectivity index (χ3n) is 4.53. The monoisotopic (exact) mass is 510 g/mol. The van der Waals surface area contributed by atoms with Gasteiger partial charge >= 0.3 is 0 Å². The number of hydrogen-bond acceptors (Lipinski definition) is 4. The molecule has 5 nitrogen and oxygen atoms in total. The van der Waals surface area contributed by atoms with Crippen LogP contribution in [0.2, 0.25) is 5.02 Å². The lowest BCUT2D eigenvalue weighted by molar-refractivity contribution is -0.112. The van der Waals surface area contributed by atoms with Crippen LogP contribution in [0.25, 0.3) is 6.08 Å². The number of nitrogens with zero attached hydrogens (tertiary/aromatic N) is 1. The second kappa shape index (κ2) is 10.9. The molecular weight excluding hydrogens is 492 g/mol. The van der Waals surface area contributed by atoms with E-state index in [1.165, 1.54) is 13.2 Å². The van der Waals surface area contributed by atoms with E-state index < -0.39 is 5.91 Å². The summed E-state index contributed by atoms with van der Waals surface area (Å²) in [6, 6.07) is 20.1. The van der Waals surface area contributed by atoms with E-state index in [4.69, 9.17) is 21.1 Å². The summed E-state index contributed by atoms with van der Waals surface area (Å²) in [6.45, 7) is 2.41. The summed E-state index contributed by atoms with van der Waals surface area (Å²) in [7, 11) is 1.54. The number of anilines is 1. The zero-order valence-electron chi connectivity index (χ0n) is 17.5. The second-order valence-electron chi connectivity index (χ2n) is 6.93. The molecule has 0 aliphatic heterocycles. The van der Waals surface area contributed by atoms with E-state index in [1.807, 2.05) is 31.2 Å². The lowest BCUT2D eigenvalue weighted by Crippen LogP contribution is -2.13. The first-order valence-electron chi connectivity index (χ1n) is 9.64. The summed E-state index contributed by atoms with van der Waals surface area (Å²) in [5, 5.41) is 12.8. The summed E-state index contributed by atoms with van der Waals surface area (Å²) in [5.41, 5.74) is 3.28. The number of carbonyl (C=O) groups excluding carboxylic acids is 1. The number of carbonyl (C=O) groups is 1. The molecule has 1 amide bonds. The van der Waals surface area contributed by atoms with E-state index in [-0.39, 0.29) is 5.57 Å². The molecule has 0 heterocycles. The number of aryl methyl sites for hydroxylation is 1. The van der Waals surface area contributed by atoms with Crippen molar-refractivity contribution in [2.75, 3.05) is 12.4 Å². The Morgan fingerprint density at radius 1 is 1.16 bits per heavy atom. The van der Waals surface area contributed by atoms with Gasteiger partial charge in [-0.25, -0.2) is 0 Å². The van der Waals surface area contributed by atoms with Crippen molar-refractivity contribution in [3.8, 4) is 17.6 Å². The Morgan fingerprint density at radius 2 is 1.91 bits per heavy atom. The maximum absolute atomic E-state index is 12.5. The number of amides is 1. The van der Waals surface area contributed by atoms with Crippen LogP contribution in [0.1, 0.15) is 16.7 Å². The van der Waals surface area contributed by atoms with E-state index in [0.717, 1.165) is 11.1 Å². The summed E-state index contributed by atoms with van der Waals surface area (Å²) in [5.74, 6) is 0.505. The first-order chi connectivity index (χ1) is 15.4. The molecule has 162 valence electrons. The van der Waals surface area contributed by atoms with Crippen molar-refractivity contribution in [2.45, 2.75) is 13.5 Å². The molecule has 0 atom stereocenters. The highest BCUT2D eigenvalue weighted by Gasteiger charge is 2.14. The molecule has 7 heteroatoms. The highest BCUT2D eigenvalue weighted by atomic mass is 79.9. The standard InChI is InChI=1S/C25H20BrClN2O3/c1-16-4-3-5-17(10-16)15-32-24-13-22(26)18(12-23(24)31-2)11-19(14-28)25(30)29-21-8-6-20(27)7-9-21/h3-13H,15H2,1-2H3,(H,29,30)/b19-11-. The fraction of sp³-hybridized carbons (Fsp3) is 0.120. The molecule has 0 aliphatic carbocycles. The van der Waals surface area contributed by atoms with Crippen LogP contribution in [-0.4, -0.2) is 13.0 Å². The quantitative estimate of drug-likeness (QED) is 0.289. The van der Waals surface area contributed by atoms with Crippen molar-refractivity contribution >= 4 is 45.2 Å². The topological polar surface area (TPSA) is 71.3 Å². The van der Waals surface area contributed by atoms with Crippen LogP contribution in [0.4, 0.5) is 5.69 Å². The molecule has 3 rings (SSSR count). The van der Waals surface area contributed by atoms with Gasteiger partial charge in [0.1, 0.15) is 18.2 Å². The third-order valence-corrected chi connectivity index (χ3v) is 5.47. The van der Waals surface area contributed by atoms with Crippen LogP contribution >= 0.6 is 27.5 Å². The van der Waals surface area contributed by atoms with Crippen molar-refractivity contribution < 1.29 is 14.3 Å². The van der Waals surface area contributed by atoms with Gasteiger partial charge in [0.15, 0.2) is 11.5 Å². The first kappa shape index (κ1) is 23.4. The van der Waals surface area contributed by atoms with Gasteiger partial charge in [-0.15, -0.1) is 0 Å². The Hall–Kier alpha value is -3.27. The smallest absolute Gasteiger partial charge is 0.266 e. The average molecular weight is 512 g/mol. The fourth-order valence-corrected chi connectivity index (χ4v) is 3.50. The molecule has 0 aromatic heterocycles. The maximum atomic E-state index is 12.5. The van der Waals surface area contributed by atoms with E-state index in [9.17, 15) is 10.1 Å². The number of nitriles is 1. The number of hydrogen-bond donors (Lipinski definition) is 1. The highest BCUT2D eigenvalue weighted by Crippen LogP contribution is 2.35. The van der Waals surface area contributed by atoms with Gasteiger partial charge in [0.25, 0.3) is 5.91 Å². The summed E-state index contributed by atoms with van der Waals surface area (Å²) < 4.78 is 12.1. The zero-order valence-corrected chi connectivity index (χ0v) is 19.8. The van der Waals surface area contributed by atoms with Crippen LogP contribution < -0.4 is 14.8 Å². The van der Waals surface area contributed by atoms with E-state index in [0.29, 0.717) is 38.9 Å². The largest absolute Gasteiger partial charge is 0.493 e. The predicted molar refractivity (Wildman–Crippen MR) is 130 cm³/mol. The van der Waals surface area contributed by atoms with Crippen molar-refractivity contribution in [1.29, 1.82) is 5.26 Å². The molecule has 0 unspecified atom stereocenters. The minimum atomic E-state index is -0.527. The minimum absolute atomic E-state index is 0.0591. The van der Waals surface area contributed by atoms with Gasteiger partial charge in [-0.2, -0.15) is 5.26 Å². The summed E-state index contributed by atoms with van der Waals surface area (Å²) in [6.07, 6.45) is 1.49. The molecule has 3 aromatic rings. The van der Waals surface area contributed by atoms with Gasteiger partial charge in [0, 0.05) is 15.2 Å². The van der Waals surface area contributed by atoms with Crippen molar-refractivity contribution in [3.05, 3.63) is 92.4 Å². The predicted octanol–water partition coefficient (Wildman–Crippen LogP) is 6.54. The second-order valence-corrected chi connectivity index (χ2v) is 8.22. The van der Waals surface area contributed by atoms with Crippen LogP contribution in [0.3, 0.4) is 0 Å². The molecular formula is C25H20BrClN2O3. The molecule has 0 radical (unpaired) electrons. The number of nitrogens with one attached hydrogen (secondary N) is 1. The lowest BCUT2D eigenvalue weighted by atomic mass is 10.1. The van der Waals surface area contributed by atoms with Crippen molar-refractivity contribution in [2.24, 2.45) is 0 Å². The number of halogens is 2. The average Bonchev–Trinajstić information content (AvgIpc) is 2.78. The molecule has 0 saturated carbocycles. The number of ether oxygens (including phenoxy) is 2. The van der Waals surface area contributed by atoms with Crippen LogP contribution in [-0.2, 0) is 11.4 Å². The highest BCUT2D eigenvalue weighted by molar-refractivity contribution is 9.10. The Morgan fingerprint density at radius 3 is 2.56 bits per heavy atom. The Bertz CT molecular complexity index is 1200. The number of benzene rings is 3. The maximum Gasteiger partial charge on any atom is 0.266 e. The summed E-state index contributed by atoms with van der Waals surface area (Å²) >= 11 is 9.36. The Labute approximate surface area is 200 Å². The van der Waals surface area contributed by atoms with Gasteiger partial charge in [0.2, 0.25) is 0 Å². The molecule has 3 aromatic carbocycles. The van der Waals surface area contributed by atoms with Crippen molar-refractivity contribution in [3.63, 3.8) is 0 Å². The SMILES string of the molecule is COc1cc(/C=C(/C#N)C(=O)Nc2ccc(Cl)cc2)c(Br)cc1OCc1cccc(C)c1. The molecule has 0 saturated heterocycles.